The van der Waals surface area contributed by atoms with Crippen LogP contribution in [0.1, 0.15) is 80.0 Å². The fourth-order valence-electron chi connectivity index (χ4n) is 8.59. The Morgan fingerprint density at radius 2 is 1.73 bits per heavy atom. The SMILES string of the molecule is C[C@]12CC[C@@H]3c4ccc(OCc5ccccc5)cc4CC[C@H]3[C@@H]1CC[C@@]2(O)c1ccc(N=NN2CCCC2)cc1. The minimum atomic E-state index is -0.789. The van der Waals surface area contributed by atoms with Crippen molar-refractivity contribution in [3.05, 3.63) is 95.1 Å². The number of aryl methyl sites for hydroxylation is 1. The van der Waals surface area contributed by atoms with Crippen LogP contribution in [0.3, 0.4) is 0 Å². The molecule has 40 heavy (non-hydrogen) atoms. The molecule has 0 amide bonds. The third-order valence-corrected chi connectivity index (χ3v) is 10.8. The number of ether oxygens (including phenoxy) is 1. The van der Waals surface area contributed by atoms with Crippen molar-refractivity contribution < 1.29 is 9.84 Å². The van der Waals surface area contributed by atoms with Gasteiger partial charge in [-0.3, -0.25) is 5.01 Å². The van der Waals surface area contributed by atoms with Crippen molar-refractivity contribution in [3.63, 3.8) is 0 Å². The highest BCUT2D eigenvalue weighted by Crippen LogP contribution is 2.67. The minimum Gasteiger partial charge on any atom is -0.489 e. The van der Waals surface area contributed by atoms with Gasteiger partial charge in [0.05, 0.1) is 11.3 Å². The Hall–Kier alpha value is -3.18. The molecule has 5 atom stereocenters. The summed E-state index contributed by atoms with van der Waals surface area (Å²) >= 11 is 0. The Balaban J connectivity index is 1.06. The summed E-state index contributed by atoms with van der Waals surface area (Å²) in [6, 6.07) is 25.4. The van der Waals surface area contributed by atoms with Gasteiger partial charge in [-0.2, -0.15) is 0 Å². The van der Waals surface area contributed by atoms with Gasteiger partial charge in [-0.1, -0.05) is 60.7 Å². The molecule has 2 saturated carbocycles. The first-order valence-electron chi connectivity index (χ1n) is 15.3. The summed E-state index contributed by atoms with van der Waals surface area (Å²) < 4.78 is 6.16. The molecular weight excluding hydrogens is 494 g/mol. The highest BCUT2D eigenvalue weighted by Gasteiger charge is 2.62. The van der Waals surface area contributed by atoms with E-state index in [1.807, 2.05) is 23.2 Å². The lowest BCUT2D eigenvalue weighted by atomic mass is 9.52. The summed E-state index contributed by atoms with van der Waals surface area (Å²) in [5, 5.41) is 23.2. The Morgan fingerprint density at radius 1 is 0.925 bits per heavy atom. The molecule has 0 unspecified atom stereocenters. The summed E-state index contributed by atoms with van der Waals surface area (Å²) in [6.45, 7) is 4.97. The van der Waals surface area contributed by atoms with E-state index < -0.39 is 5.60 Å². The maximum Gasteiger partial charge on any atom is 0.120 e. The average Bonchev–Trinajstić information content (AvgIpc) is 3.62. The first-order valence-corrected chi connectivity index (χ1v) is 15.3. The van der Waals surface area contributed by atoms with Crippen LogP contribution in [0.2, 0.25) is 0 Å². The van der Waals surface area contributed by atoms with Crippen LogP contribution in [0, 0.1) is 17.3 Å². The van der Waals surface area contributed by atoms with Gasteiger partial charge in [0.2, 0.25) is 0 Å². The molecule has 5 nitrogen and oxygen atoms in total. The first-order chi connectivity index (χ1) is 19.5. The summed E-state index contributed by atoms with van der Waals surface area (Å²) in [7, 11) is 0. The zero-order valence-corrected chi connectivity index (χ0v) is 23.6. The third kappa shape index (κ3) is 4.43. The number of hydrogen-bond acceptors (Lipinski definition) is 4. The second-order valence-corrected chi connectivity index (χ2v) is 12.8. The van der Waals surface area contributed by atoms with E-state index in [4.69, 9.17) is 4.74 Å². The van der Waals surface area contributed by atoms with E-state index in [0.29, 0.717) is 24.4 Å². The molecular formula is C35H41N3O2. The second-order valence-electron chi connectivity index (χ2n) is 12.8. The van der Waals surface area contributed by atoms with Gasteiger partial charge in [-0.25, -0.2) is 0 Å². The van der Waals surface area contributed by atoms with E-state index in [-0.39, 0.29) is 5.41 Å². The van der Waals surface area contributed by atoms with Crippen molar-refractivity contribution in [1.29, 1.82) is 0 Å². The van der Waals surface area contributed by atoms with Crippen LogP contribution in [-0.2, 0) is 18.6 Å². The molecule has 0 spiro atoms. The number of fused-ring (bicyclic) bond motifs is 5. The summed E-state index contributed by atoms with van der Waals surface area (Å²) in [4.78, 5) is 0. The molecule has 208 valence electrons. The van der Waals surface area contributed by atoms with Gasteiger partial charge in [0, 0.05) is 18.5 Å². The Labute approximate surface area is 238 Å². The predicted molar refractivity (Wildman–Crippen MR) is 157 cm³/mol. The minimum absolute atomic E-state index is 0.108. The van der Waals surface area contributed by atoms with Crippen LogP contribution in [0.25, 0.3) is 0 Å². The smallest absolute Gasteiger partial charge is 0.120 e. The van der Waals surface area contributed by atoms with Gasteiger partial charge in [-0.05, 0) is 116 Å². The lowest BCUT2D eigenvalue weighted by molar-refractivity contribution is -0.108. The highest BCUT2D eigenvalue weighted by molar-refractivity contribution is 5.43. The quantitative estimate of drug-likeness (QED) is 0.324. The highest BCUT2D eigenvalue weighted by atomic mass is 16.5. The number of hydrogen-bond donors (Lipinski definition) is 1. The molecule has 1 heterocycles. The first kappa shape index (κ1) is 25.8. The molecule has 4 aliphatic rings. The summed E-state index contributed by atoms with van der Waals surface area (Å²) in [5.74, 6) is 2.72. The van der Waals surface area contributed by atoms with Crippen molar-refractivity contribution in [1.82, 2.24) is 5.01 Å². The fourth-order valence-corrected chi connectivity index (χ4v) is 8.59. The lowest BCUT2D eigenvalue weighted by Crippen LogP contribution is -2.49. The van der Waals surface area contributed by atoms with Crippen molar-refractivity contribution in [2.45, 2.75) is 76.4 Å². The molecule has 7 rings (SSSR count). The lowest BCUT2D eigenvalue weighted by Gasteiger charge is -2.53. The molecule has 1 N–H and O–H groups in total. The molecule has 0 radical (unpaired) electrons. The van der Waals surface area contributed by atoms with Crippen LogP contribution in [0.15, 0.2) is 83.1 Å². The normalized spacial score (nSPS) is 31.1. The average molecular weight is 536 g/mol. The molecule has 0 aromatic heterocycles. The molecule has 3 aromatic carbocycles. The van der Waals surface area contributed by atoms with E-state index in [0.717, 1.165) is 62.2 Å². The van der Waals surface area contributed by atoms with Crippen LogP contribution >= 0.6 is 0 Å². The molecule has 1 aliphatic heterocycles. The Kier molecular flexibility index (Phi) is 6.66. The van der Waals surface area contributed by atoms with Gasteiger partial charge in [0.25, 0.3) is 0 Å². The fraction of sp³-hybridized carbons (Fsp3) is 0.486. The van der Waals surface area contributed by atoms with Crippen LogP contribution in [-0.4, -0.2) is 23.2 Å². The van der Waals surface area contributed by atoms with Crippen LogP contribution in [0.5, 0.6) is 5.75 Å². The number of rotatable bonds is 6. The number of benzene rings is 3. The van der Waals surface area contributed by atoms with Crippen LogP contribution < -0.4 is 4.74 Å². The molecule has 3 aliphatic carbocycles. The van der Waals surface area contributed by atoms with Gasteiger partial charge < -0.3 is 9.84 Å². The molecule has 3 fully saturated rings. The molecule has 1 saturated heterocycles. The standard InChI is InChI=1S/C35H41N3O2/c1-34-19-17-31-30-16-14-29(40-24-25-7-3-2-4-8-25)23-26(30)9-15-32(31)33(34)18-20-35(34,39)27-10-12-28(13-11-27)36-37-38-21-5-6-22-38/h2-4,7-8,10-14,16,23,31-33,39H,5-6,9,15,17-22,24H2,1H3/t31-,32-,33+,34+,35-/m1/s1. The van der Waals surface area contributed by atoms with E-state index in [2.05, 4.69) is 71.9 Å². The topological polar surface area (TPSA) is 57.4 Å². The number of aliphatic hydroxyl groups is 1. The van der Waals surface area contributed by atoms with Gasteiger partial charge >= 0.3 is 0 Å². The van der Waals surface area contributed by atoms with Gasteiger partial charge in [0.1, 0.15) is 12.4 Å². The molecule has 0 bridgehead atoms. The molecule has 3 aromatic rings. The van der Waals surface area contributed by atoms with Crippen molar-refractivity contribution in [2.24, 2.45) is 27.6 Å². The van der Waals surface area contributed by atoms with E-state index in [1.54, 1.807) is 0 Å². The largest absolute Gasteiger partial charge is 0.489 e. The van der Waals surface area contributed by atoms with Gasteiger partial charge in [0.15, 0.2) is 0 Å². The van der Waals surface area contributed by atoms with Crippen LogP contribution in [0.4, 0.5) is 5.69 Å². The summed E-state index contributed by atoms with van der Waals surface area (Å²) in [6.07, 6.45) is 8.82. The molecule has 5 heteroatoms. The Bertz CT molecular complexity index is 1370. The zero-order valence-electron chi connectivity index (χ0n) is 23.6. The van der Waals surface area contributed by atoms with Crippen molar-refractivity contribution in [2.75, 3.05) is 13.1 Å². The monoisotopic (exact) mass is 535 g/mol. The van der Waals surface area contributed by atoms with E-state index in [9.17, 15) is 5.11 Å². The van der Waals surface area contributed by atoms with E-state index in [1.165, 1.54) is 36.0 Å². The third-order valence-electron chi connectivity index (χ3n) is 10.8. The maximum absolute atomic E-state index is 12.3. The van der Waals surface area contributed by atoms with Crippen molar-refractivity contribution >= 4 is 5.69 Å². The van der Waals surface area contributed by atoms with Gasteiger partial charge in [-0.15, -0.1) is 5.11 Å². The zero-order chi connectivity index (χ0) is 27.2. The Morgan fingerprint density at radius 3 is 2.52 bits per heavy atom. The second kappa shape index (κ2) is 10.3. The predicted octanol–water partition coefficient (Wildman–Crippen LogP) is 8.10. The van der Waals surface area contributed by atoms with E-state index >= 15 is 0 Å². The number of nitrogens with zero attached hydrogens (tertiary/aromatic N) is 3. The maximum atomic E-state index is 12.3. The summed E-state index contributed by atoms with van der Waals surface area (Å²) in [5.41, 5.74) is 5.19. The van der Waals surface area contributed by atoms with Crippen molar-refractivity contribution in [3.8, 4) is 5.75 Å².